The van der Waals surface area contributed by atoms with E-state index in [1.165, 1.54) is 11.3 Å². The highest BCUT2D eigenvalue weighted by Gasteiger charge is 2.34. The highest BCUT2D eigenvalue weighted by molar-refractivity contribution is 7.13. The molecule has 0 unspecified atom stereocenters. The third-order valence-electron chi connectivity index (χ3n) is 5.09. The molecule has 0 bridgehead atoms. The summed E-state index contributed by atoms with van der Waals surface area (Å²) in [5.41, 5.74) is 4.36. The van der Waals surface area contributed by atoms with Crippen LogP contribution < -0.4 is 4.90 Å². The smallest absolute Gasteiger partial charge is 0.358 e. The second kappa shape index (κ2) is 7.79. The van der Waals surface area contributed by atoms with Crippen LogP contribution in [0.15, 0.2) is 53.9 Å². The first-order chi connectivity index (χ1) is 13.9. The Morgan fingerprint density at radius 2 is 1.90 bits per heavy atom. The molecule has 0 aliphatic carbocycles. The number of anilines is 1. The van der Waals surface area contributed by atoms with Gasteiger partial charge in [0.25, 0.3) is 5.91 Å². The molecule has 0 radical (unpaired) electrons. The summed E-state index contributed by atoms with van der Waals surface area (Å²) >= 11 is 1.38. The van der Waals surface area contributed by atoms with Crippen LogP contribution in [0.5, 0.6) is 0 Å². The Labute approximate surface area is 174 Å². The van der Waals surface area contributed by atoms with Crippen molar-refractivity contribution < 1.29 is 14.3 Å². The predicted molar refractivity (Wildman–Crippen MR) is 114 cm³/mol. The average Bonchev–Trinajstić information content (AvgIpc) is 3.32. The molecule has 3 aromatic rings. The number of carbonyl (C=O) groups excluding carboxylic acids is 2. The lowest BCUT2D eigenvalue weighted by Gasteiger charge is -2.25. The fraction of sp³-hybridized carbons (Fsp3) is 0.261. The van der Waals surface area contributed by atoms with E-state index in [2.05, 4.69) is 4.98 Å². The standard InChI is InChI=1S/C23H22N2O3S/c1-14-8-10-17(11-9-14)21-24-19(13-29-21)23(27)28-16(3)22(26)25-15(2)12-18-6-4-5-7-20(18)25/h4-11,13,15-16H,12H2,1-3H3/t15-,16+/m0/s1. The van der Waals surface area contributed by atoms with Crippen LogP contribution in [0, 0.1) is 6.92 Å². The van der Waals surface area contributed by atoms with Crippen molar-refractivity contribution in [1.82, 2.24) is 4.98 Å². The number of esters is 1. The number of thiazole rings is 1. The lowest BCUT2D eigenvalue weighted by molar-refractivity contribution is -0.126. The highest BCUT2D eigenvalue weighted by atomic mass is 32.1. The van der Waals surface area contributed by atoms with Gasteiger partial charge in [-0.2, -0.15) is 0 Å². The molecule has 0 saturated heterocycles. The topological polar surface area (TPSA) is 59.5 Å². The Kier molecular flexibility index (Phi) is 5.20. The Morgan fingerprint density at radius 1 is 1.17 bits per heavy atom. The third kappa shape index (κ3) is 3.80. The fourth-order valence-electron chi connectivity index (χ4n) is 3.56. The van der Waals surface area contributed by atoms with Crippen molar-refractivity contribution in [2.45, 2.75) is 39.3 Å². The first-order valence-electron chi connectivity index (χ1n) is 9.58. The monoisotopic (exact) mass is 406 g/mol. The molecule has 0 N–H and O–H groups in total. The largest absolute Gasteiger partial charge is 0.448 e. The summed E-state index contributed by atoms with van der Waals surface area (Å²) in [6, 6.07) is 15.8. The van der Waals surface area contributed by atoms with Crippen molar-refractivity contribution >= 4 is 28.9 Å². The number of ether oxygens (including phenoxy) is 1. The maximum atomic E-state index is 13.0. The van der Waals surface area contributed by atoms with Crippen LogP contribution in [-0.4, -0.2) is 29.0 Å². The van der Waals surface area contributed by atoms with Crippen molar-refractivity contribution in [1.29, 1.82) is 0 Å². The van der Waals surface area contributed by atoms with Crippen LogP contribution in [0.1, 0.15) is 35.5 Å². The van der Waals surface area contributed by atoms with Gasteiger partial charge in [0.1, 0.15) is 5.01 Å². The number of hydrogen-bond acceptors (Lipinski definition) is 5. The van der Waals surface area contributed by atoms with Crippen molar-refractivity contribution in [3.63, 3.8) is 0 Å². The number of carbonyl (C=O) groups is 2. The molecule has 6 heteroatoms. The van der Waals surface area contributed by atoms with Crippen molar-refractivity contribution in [3.05, 3.63) is 70.7 Å². The van der Waals surface area contributed by atoms with Crippen molar-refractivity contribution in [2.24, 2.45) is 0 Å². The zero-order valence-electron chi connectivity index (χ0n) is 16.6. The minimum Gasteiger partial charge on any atom is -0.448 e. The molecule has 2 heterocycles. The van der Waals surface area contributed by atoms with Gasteiger partial charge in [0.05, 0.1) is 0 Å². The van der Waals surface area contributed by atoms with E-state index in [1.54, 1.807) is 17.2 Å². The number of aromatic nitrogens is 1. The molecular weight excluding hydrogens is 384 g/mol. The lowest BCUT2D eigenvalue weighted by Crippen LogP contribution is -2.43. The average molecular weight is 407 g/mol. The number of nitrogens with zero attached hydrogens (tertiary/aromatic N) is 2. The quantitative estimate of drug-likeness (QED) is 0.592. The molecule has 4 rings (SSSR count). The molecule has 2 aromatic carbocycles. The molecule has 5 nitrogen and oxygen atoms in total. The molecule has 148 valence electrons. The van der Waals surface area contributed by atoms with E-state index >= 15 is 0 Å². The predicted octanol–water partition coefficient (Wildman–Crippen LogP) is 4.64. The lowest BCUT2D eigenvalue weighted by atomic mass is 10.1. The van der Waals surface area contributed by atoms with Gasteiger partial charge in [-0.05, 0) is 38.8 Å². The summed E-state index contributed by atoms with van der Waals surface area (Å²) < 4.78 is 5.46. The molecule has 1 amide bonds. The SMILES string of the molecule is Cc1ccc(-c2nc(C(=O)O[C@H](C)C(=O)N3c4ccccc4C[C@@H]3C)cs2)cc1. The van der Waals surface area contributed by atoms with E-state index in [1.807, 2.05) is 62.4 Å². The van der Waals surface area contributed by atoms with Gasteiger partial charge in [-0.25, -0.2) is 9.78 Å². The Bertz CT molecular complexity index is 1060. The van der Waals surface area contributed by atoms with E-state index in [0.29, 0.717) is 0 Å². The van der Waals surface area contributed by atoms with Gasteiger partial charge in [0, 0.05) is 22.7 Å². The van der Waals surface area contributed by atoms with Gasteiger partial charge < -0.3 is 9.64 Å². The normalized spacial score (nSPS) is 16.4. The summed E-state index contributed by atoms with van der Waals surface area (Å²) in [4.78, 5) is 31.6. The molecule has 1 aromatic heterocycles. The van der Waals surface area contributed by atoms with E-state index in [0.717, 1.165) is 33.8 Å². The van der Waals surface area contributed by atoms with Crippen LogP contribution in [0.3, 0.4) is 0 Å². The number of rotatable bonds is 4. The Balaban J connectivity index is 1.46. The molecule has 0 saturated carbocycles. The van der Waals surface area contributed by atoms with Crippen LogP contribution in [0.2, 0.25) is 0 Å². The van der Waals surface area contributed by atoms with Gasteiger partial charge in [-0.3, -0.25) is 4.79 Å². The summed E-state index contributed by atoms with van der Waals surface area (Å²) in [6.45, 7) is 5.63. The molecule has 1 aliphatic heterocycles. The second-order valence-electron chi connectivity index (χ2n) is 7.34. The summed E-state index contributed by atoms with van der Waals surface area (Å²) in [5, 5.41) is 2.42. The summed E-state index contributed by atoms with van der Waals surface area (Å²) in [6.07, 6.45) is -0.0881. The first-order valence-corrected chi connectivity index (χ1v) is 10.5. The Hall–Kier alpha value is -2.99. The molecule has 0 spiro atoms. The highest BCUT2D eigenvalue weighted by Crippen LogP contribution is 2.32. The molecule has 0 fully saturated rings. The zero-order chi connectivity index (χ0) is 20.5. The minimum absolute atomic E-state index is 0.0356. The van der Waals surface area contributed by atoms with Crippen LogP contribution in [0.4, 0.5) is 5.69 Å². The summed E-state index contributed by atoms with van der Waals surface area (Å²) in [7, 11) is 0. The number of amides is 1. The van der Waals surface area contributed by atoms with Gasteiger partial charge in [0.15, 0.2) is 11.8 Å². The number of hydrogen-bond donors (Lipinski definition) is 0. The number of fused-ring (bicyclic) bond motifs is 1. The number of benzene rings is 2. The maximum Gasteiger partial charge on any atom is 0.358 e. The van der Waals surface area contributed by atoms with Crippen molar-refractivity contribution in [2.75, 3.05) is 4.90 Å². The Morgan fingerprint density at radius 3 is 2.66 bits per heavy atom. The molecule has 2 atom stereocenters. The molecular formula is C23H22N2O3S. The molecule has 1 aliphatic rings. The van der Waals surface area contributed by atoms with Gasteiger partial charge >= 0.3 is 5.97 Å². The van der Waals surface area contributed by atoms with Gasteiger partial charge in [-0.15, -0.1) is 11.3 Å². The zero-order valence-corrected chi connectivity index (χ0v) is 17.4. The van der Waals surface area contributed by atoms with E-state index in [-0.39, 0.29) is 17.6 Å². The van der Waals surface area contributed by atoms with Crippen LogP contribution in [0.25, 0.3) is 10.6 Å². The first kappa shape index (κ1) is 19.3. The minimum atomic E-state index is -0.888. The van der Waals surface area contributed by atoms with Gasteiger partial charge in [0.2, 0.25) is 0 Å². The summed E-state index contributed by atoms with van der Waals surface area (Å²) in [5.74, 6) is -0.801. The van der Waals surface area contributed by atoms with Crippen molar-refractivity contribution in [3.8, 4) is 10.6 Å². The van der Waals surface area contributed by atoms with Crippen LogP contribution >= 0.6 is 11.3 Å². The molecule has 29 heavy (non-hydrogen) atoms. The van der Waals surface area contributed by atoms with Gasteiger partial charge in [-0.1, -0.05) is 48.0 Å². The van der Waals surface area contributed by atoms with E-state index < -0.39 is 12.1 Å². The van der Waals surface area contributed by atoms with E-state index in [4.69, 9.17) is 4.74 Å². The third-order valence-corrected chi connectivity index (χ3v) is 5.98. The van der Waals surface area contributed by atoms with Crippen LogP contribution in [-0.2, 0) is 16.0 Å². The number of aryl methyl sites for hydroxylation is 1. The van der Waals surface area contributed by atoms with E-state index in [9.17, 15) is 9.59 Å². The maximum absolute atomic E-state index is 13.0. The number of para-hydroxylation sites is 1. The fourth-order valence-corrected chi connectivity index (χ4v) is 4.36. The second-order valence-corrected chi connectivity index (χ2v) is 8.20.